The summed E-state index contributed by atoms with van der Waals surface area (Å²) in [5, 5.41) is 4.28. The summed E-state index contributed by atoms with van der Waals surface area (Å²) in [6.07, 6.45) is 3.26. The lowest BCUT2D eigenvalue weighted by molar-refractivity contribution is 0.454. The number of benzene rings is 1. The molecular weight excluding hydrogens is 309 g/mol. The minimum atomic E-state index is 0.489. The third-order valence-corrected chi connectivity index (χ3v) is 3.40. The molecule has 6 heteroatoms. The van der Waals surface area contributed by atoms with Crippen LogP contribution in [0.4, 0.5) is 5.82 Å². The van der Waals surface area contributed by atoms with Crippen molar-refractivity contribution in [3.05, 3.63) is 40.1 Å². The third-order valence-electron chi connectivity index (χ3n) is 2.85. The van der Waals surface area contributed by atoms with Gasteiger partial charge in [-0.2, -0.15) is 0 Å². The lowest BCUT2D eigenvalue weighted by Gasteiger charge is -2.14. The van der Waals surface area contributed by atoms with Gasteiger partial charge in [0.05, 0.1) is 10.6 Å². The number of ether oxygens (including phenoxy) is 1. The Balaban J connectivity index is 2.38. The molecular formula is C15H17Cl2N3O. The van der Waals surface area contributed by atoms with E-state index >= 15 is 0 Å². The molecule has 0 unspecified atom stereocenters. The Kier molecular flexibility index (Phi) is 5.65. The van der Waals surface area contributed by atoms with Gasteiger partial charge in [-0.05, 0) is 25.5 Å². The maximum absolute atomic E-state index is 6.13. The number of hydrogen-bond donors (Lipinski definition) is 1. The van der Waals surface area contributed by atoms with Gasteiger partial charge in [-0.25, -0.2) is 9.97 Å². The van der Waals surface area contributed by atoms with Gasteiger partial charge in [0.2, 0.25) is 5.88 Å². The van der Waals surface area contributed by atoms with E-state index < -0.39 is 0 Å². The molecule has 1 N–H and O–H groups in total. The summed E-state index contributed by atoms with van der Waals surface area (Å²) < 4.78 is 5.85. The van der Waals surface area contributed by atoms with Gasteiger partial charge in [-0.3, -0.25) is 0 Å². The molecule has 0 saturated heterocycles. The summed E-state index contributed by atoms with van der Waals surface area (Å²) in [5.74, 6) is 1.79. The summed E-state index contributed by atoms with van der Waals surface area (Å²) in [7, 11) is 0. The van der Waals surface area contributed by atoms with Crippen LogP contribution in [0.15, 0.2) is 24.5 Å². The van der Waals surface area contributed by atoms with Crippen LogP contribution in [0.2, 0.25) is 10.0 Å². The number of hydrogen-bond acceptors (Lipinski definition) is 4. The van der Waals surface area contributed by atoms with E-state index in [0.717, 1.165) is 30.8 Å². The first-order valence-corrected chi connectivity index (χ1v) is 7.62. The number of halogens is 2. The van der Waals surface area contributed by atoms with Crippen LogP contribution in [-0.4, -0.2) is 16.5 Å². The maximum Gasteiger partial charge on any atom is 0.227 e. The quantitative estimate of drug-likeness (QED) is 0.815. The second kappa shape index (κ2) is 7.48. The van der Waals surface area contributed by atoms with E-state index in [-0.39, 0.29) is 0 Å². The molecule has 2 rings (SSSR count). The molecule has 1 aromatic carbocycles. The van der Waals surface area contributed by atoms with E-state index in [2.05, 4.69) is 22.2 Å². The minimum Gasteiger partial charge on any atom is -0.437 e. The van der Waals surface area contributed by atoms with E-state index in [1.54, 1.807) is 18.2 Å². The minimum absolute atomic E-state index is 0.489. The van der Waals surface area contributed by atoms with Crippen LogP contribution in [0.25, 0.3) is 0 Å². The van der Waals surface area contributed by atoms with Crippen molar-refractivity contribution in [2.75, 3.05) is 11.9 Å². The molecule has 0 radical (unpaired) electrons. The highest BCUT2D eigenvalue weighted by atomic mass is 35.5. The van der Waals surface area contributed by atoms with Gasteiger partial charge in [0.25, 0.3) is 0 Å². The fourth-order valence-electron chi connectivity index (χ4n) is 1.94. The fraction of sp³-hybridized carbons (Fsp3) is 0.333. The molecule has 0 bridgehead atoms. The molecule has 1 aromatic heterocycles. The number of aromatic nitrogens is 2. The molecule has 112 valence electrons. The summed E-state index contributed by atoms with van der Waals surface area (Å²) in [6, 6.07) is 5.09. The summed E-state index contributed by atoms with van der Waals surface area (Å²) in [5.41, 5.74) is 0.942. The molecule has 0 fully saturated rings. The summed E-state index contributed by atoms with van der Waals surface area (Å²) in [6.45, 7) is 4.90. The Morgan fingerprint density at radius 3 is 2.71 bits per heavy atom. The Labute approximate surface area is 134 Å². The van der Waals surface area contributed by atoms with Gasteiger partial charge in [-0.1, -0.05) is 36.5 Å². The van der Waals surface area contributed by atoms with Crippen molar-refractivity contribution in [2.24, 2.45) is 0 Å². The zero-order chi connectivity index (χ0) is 15.2. The number of rotatable bonds is 6. The molecule has 0 saturated carbocycles. The van der Waals surface area contributed by atoms with Gasteiger partial charge in [0.15, 0.2) is 0 Å². The Hall–Kier alpha value is -1.52. The molecule has 0 aliphatic carbocycles. The number of nitrogens with one attached hydrogen (secondary N) is 1. The standard InChI is InChI=1S/C15H17Cl2N3O/c1-3-5-11-14(18-4-2)19-9-20-15(11)21-13-8-10(16)6-7-12(13)17/h6-9H,3-5H2,1-2H3,(H,18,19,20). The molecule has 4 nitrogen and oxygen atoms in total. The van der Waals surface area contributed by atoms with E-state index in [1.165, 1.54) is 6.33 Å². The van der Waals surface area contributed by atoms with Gasteiger partial charge < -0.3 is 10.1 Å². The van der Waals surface area contributed by atoms with Crippen LogP contribution < -0.4 is 10.1 Å². The van der Waals surface area contributed by atoms with Crippen molar-refractivity contribution in [2.45, 2.75) is 26.7 Å². The normalized spacial score (nSPS) is 10.5. The van der Waals surface area contributed by atoms with Crippen LogP contribution in [-0.2, 0) is 6.42 Å². The van der Waals surface area contributed by atoms with E-state index in [9.17, 15) is 0 Å². The third kappa shape index (κ3) is 3.99. The molecule has 1 heterocycles. The van der Waals surface area contributed by atoms with Crippen molar-refractivity contribution in [3.63, 3.8) is 0 Å². The predicted octanol–water partition coefficient (Wildman–Crippen LogP) is 4.96. The highest BCUT2D eigenvalue weighted by molar-refractivity contribution is 6.34. The summed E-state index contributed by atoms with van der Waals surface area (Å²) >= 11 is 12.1. The molecule has 0 spiro atoms. The fourth-order valence-corrected chi connectivity index (χ4v) is 2.26. The zero-order valence-corrected chi connectivity index (χ0v) is 13.5. The van der Waals surface area contributed by atoms with E-state index in [0.29, 0.717) is 21.7 Å². The first-order valence-electron chi connectivity index (χ1n) is 6.86. The van der Waals surface area contributed by atoms with Crippen molar-refractivity contribution >= 4 is 29.0 Å². The monoisotopic (exact) mass is 325 g/mol. The highest BCUT2D eigenvalue weighted by Crippen LogP contribution is 2.34. The second-order valence-corrected chi connectivity index (χ2v) is 5.31. The molecule has 0 atom stereocenters. The number of anilines is 1. The Bertz CT molecular complexity index is 620. The SMILES string of the molecule is CCCc1c(NCC)ncnc1Oc1cc(Cl)ccc1Cl. The lowest BCUT2D eigenvalue weighted by Crippen LogP contribution is -2.06. The largest absolute Gasteiger partial charge is 0.437 e. The average Bonchev–Trinajstić information content (AvgIpc) is 2.46. The van der Waals surface area contributed by atoms with Crippen LogP contribution >= 0.6 is 23.2 Å². The first kappa shape index (κ1) is 15.9. The molecule has 2 aromatic rings. The van der Waals surface area contributed by atoms with Crippen molar-refractivity contribution in [1.82, 2.24) is 9.97 Å². The van der Waals surface area contributed by atoms with Crippen LogP contribution in [0, 0.1) is 0 Å². The highest BCUT2D eigenvalue weighted by Gasteiger charge is 2.14. The number of nitrogens with zero attached hydrogens (tertiary/aromatic N) is 2. The Morgan fingerprint density at radius 1 is 1.19 bits per heavy atom. The summed E-state index contributed by atoms with van der Waals surface area (Å²) in [4.78, 5) is 8.50. The van der Waals surface area contributed by atoms with E-state index in [4.69, 9.17) is 27.9 Å². The molecule has 0 aliphatic rings. The smallest absolute Gasteiger partial charge is 0.227 e. The molecule has 0 aliphatic heterocycles. The molecule has 0 amide bonds. The van der Waals surface area contributed by atoms with Crippen molar-refractivity contribution < 1.29 is 4.74 Å². The maximum atomic E-state index is 6.13. The van der Waals surface area contributed by atoms with Gasteiger partial charge in [0, 0.05) is 17.6 Å². The van der Waals surface area contributed by atoms with Crippen molar-refractivity contribution in [3.8, 4) is 11.6 Å². The first-order chi connectivity index (χ1) is 10.2. The van der Waals surface area contributed by atoms with E-state index in [1.807, 2.05) is 6.92 Å². The second-order valence-electron chi connectivity index (χ2n) is 4.46. The van der Waals surface area contributed by atoms with Gasteiger partial charge >= 0.3 is 0 Å². The average molecular weight is 326 g/mol. The predicted molar refractivity (Wildman–Crippen MR) is 86.7 cm³/mol. The van der Waals surface area contributed by atoms with Gasteiger partial charge in [-0.15, -0.1) is 0 Å². The van der Waals surface area contributed by atoms with Crippen LogP contribution in [0.5, 0.6) is 11.6 Å². The molecule has 21 heavy (non-hydrogen) atoms. The Morgan fingerprint density at radius 2 is 2.00 bits per heavy atom. The van der Waals surface area contributed by atoms with Crippen LogP contribution in [0.1, 0.15) is 25.8 Å². The lowest BCUT2D eigenvalue weighted by atomic mass is 10.1. The topological polar surface area (TPSA) is 47.0 Å². The van der Waals surface area contributed by atoms with Gasteiger partial charge in [0.1, 0.15) is 17.9 Å². The van der Waals surface area contributed by atoms with Crippen molar-refractivity contribution in [1.29, 1.82) is 0 Å². The zero-order valence-electron chi connectivity index (χ0n) is 12.0. The van der Waals surface area contributed by atoms with Crippen LogP contribution in [0.3, 0.4) is 0 Å².